The largest absolute Gasteiger partial charge is 0.309 e. The lowest BCUT2D eigenvalue weighted by molar-refractivity contribution is 0.0985. The van der Waals surface area contributed by atoms with Crippen molar-refractivity contribution in [3.05, 3.63) is 0 Å². The van der Waals surface area contributed by atoms with Gasteiger partial charge in [0.1, 0.15) is 0 Å². The Bertz CT molecular complexity index is 143. The second-order valence-electron chi connectivity index (χ2n) is 4.39. The number of piperazine rings is 1. The van der Waals surface area contributed by atoms with E-state index in [0.717, 1.165) is 12.6 Å². The average Bonchev–Trinajstić information content (AvgIpc) is 2.03. The molecule has 2 nitrogen and oxygen atoms in total. The Morgan fingerprint density at radius 3 is 2.58 bits per heavy atom. The predicted octanol–water partition coefficient (Wildman–Crippen LogP) is 1.47. The van der Waals surface area contributed by atoms with E-state index < -0.39 is 0 Å². The molecule has 1 aliphatic rings. The summed E-state index contributed by atoms with van der Waals surface area (Å²) in [5, 5.41) is 3.58. The molecule has 0 bridgehead atoms. The Labute approximate surface area is 76.3 Å². The standard InChI is InChI=1S/C10H22N2/c1-5-9-7-11-10(3,4)8-12(9)6-2/h9,11H,5-8H2,1-4H3. The molecule has 1 N–H and O–H groups in total. The second kappa shape index (κ2) is 3.75. The maximum Gasteiger partial charge on any atom is 0.0252 e. The molecule has 72 valence electrons. The fraction of sp³-hybridized carbons (Fsp3) is 1.00. The highest BCUT2D eigenvalue weighted by Crippen LogP contribution is 2.16. The SMILES string of the molecule is CCC1CNC(C)(C)CN1CC. The van der Waals surface area contributed by atoms with E-state index in [-0.39, 0.29) is 0 Å². The van der Waals surface area contributed by atoms with E-state index in [1.165, 1.54) is 19.5 Å². The normalized spacial score (nSPS) is 30.5. The number of hydrogen-bond acceptors (Lipinski definition) is 2. The molecule has 2 heteroatoms. The van der Waals surface area contributed by atoms with Crippen LogP contribution >= 0.6 is 0 Å². The first-order chi connectivity index (χ1) is 5.59. The Hall–Kier alpha value is -0.0800. The second-order valence-corrected chi connectivity index (χ2v) is 4.39. The molecule has 0 aromatic carbocycles. The lowest BCUT2D eigenvalue weighted by atomic mass is 9.98. The van der Waals surface area contributed by atoms with Crippen LogP contribution in [0.25, 0.3) is 0 Å². The Kier molecular flexibility index (Phi) is 3.13. The van der Waals surface area contributed by atoms with Gasteiger partial charge in [-0.15, -0.1) is 0 Å². The van der Waals surface area contributed by atoms with Crippen molar-refractivity contribution in [3.63, 3.8) is 0 Å². The van der Waals surface area contributed by atoms with Gasteiger partial charge in [-0.25, -0.2) is 0 Å². The highest BCUT2D eigenvalue weighted by molar-refractivity contribution is 4.91. The zero-order chi connectivity index (χ0) is 9.19. The third-order valence-corrected chi connectivity index (χ3v) is 2.81. The summed E-state index contributed by atoms with van der Waals surface area (Å²) in [5.41, 5.74) is 0.307. The molecule has 1 fully saturated rings. The van der Waals surface area contributed by atoms with E-state index >= 15 is 0 Å². The van der Waals surface area contributed by atoms with E-state index in [2.05, 4.69) is 37.9 Å². The van der Waals surface area contributed by atoms with Crippen LogP contribution in [-0.2, 0) is 0 Å². The topological polar surface area (TPSA) is 15.3 Å². The van der Waals surface area contributed by atoms with E-state index in [1.54, 1.807) is 0 Å². The Morgan fingerprint density at radius 2 is 2.08 bits per heavy atom. The van der Waals surface area contributed by atoms with Crippen molar-refractivity contribution in [3.8, 4) is 0 Å². The summed E-state index contributed by atoms with van der Waals surface area (Å²) in [6, 6.07) is 0.753. The van der Waals surface area contributed by atoms with Gasteiger partial charge in [0.2, 0.25) is 0 Å². The van der Waals surface area contributed by atoms with Gasteiger partial charge in [-0.1, -0.05) is 13.8 Å². The molecule has 1 saturated heterocycles. The monoisotopic (exact) mass is 170 g/mol. The lowest BCUT2D eigenvalue weighted by Crippen LogP contribution is -2.61. The molecule has 0 spiro atoms. The van der Waals surface area contributed by atoms with Crippen molar-refractivity contribution in [2.75, 3.05) is 19.6 Å². The third-order valence-electron chi connectivity index (χ3n) is 2.81. The summed E-state index contributed by atoms with van der Waals surface area (Å²) >= 11 is 0. The van der Waals surface area contributed by atoms with Crippen molar-refractivity contribution >= 4 is 0 Å². The van der Waals surface area contributed by atoms with E-state index in [9.17, 15) is 0 Å². The highest BCUT2D eigenvalue weighted by atomic mass is 15.2. The number of nitrogens with one attached hydrogen (secondary N) is 1. The Morgan fingerprint density at radius 1 is 1.42 bits per heavy atom. The number of nitrogens with zero attached hydrogens (tertiary/aromatic N) is 1. The van der Waals surface area contributed by atoms with Gasteiger partial charge in [-0.2, -0.15) is 0 Å². The molecular weight excluding hydrogens is 148 g/mol. The van der Waals surface area contributed by atoms with Gasteiger partial charge in [-0.3, -0.25) is 4.90 Å². The van der Waals surface area contributed by atoms with Crippen LogP contribution in [-0.4, -0.2) is 36.1 Å². The van der Waals surface area contributed by atoms with Gasteiger partial charge in [-0.05, 0) is 26.8 Å². The van der Waals surface area contributed by atoms with Crippen LogP contribution in [0.1, 0.15) is 34.1 Å². The van der Waals surface area contributed by atoms with Gasteiger partial charge in [0.05, 0.1) is 0 Å². The number of rotatable bonds is 2. The summed E-state index contributed by atoms with van der Waals surface area (Å²) in [6.07, 6.45) is 1.26. The quantitative estimate of drug-likeness (QED) is 0.675. The molecule has 0 aromatic rings. The van der Waals surface area contributed by atoms with Gasteiger partial charge in [0.15, 0.2) is 0 Å². The minimum atomic E-state index is 0.307. The number of likely N-dealkylation sites (N-methyl/N-ethyl adjacent to an activating group) is 1. The van der Waals surface area contributed by atoms with Gasteiger partial charge in [0, 0.05) is 24.7 Å². The summed E-state index contributed by atoms with van der Waals surface area (Å²) in [5.74, 6) is 0. The molecule has 0 radical (unpaired) electrons. The van der Waals surface area contributed by atoms with Crippen molar-refractivity contribution in [1.82, 2.24) is 10.2 Å². The summed E-state index contributed by atoms with van der Waals surface area (Å²) in [7, 11) is 0. The summed E-state index contributed by atoms with van der Waals surface area (Å²) < 4.78 is 0. The fourth-order valence-electron chi connectivity index (χ4n) is 1.99. The van der Waals surface area contributed by atoms with Crippen LogP contribution < -0.4 is 5.32 Å². The maximum absolute atomic E-state index is 3.58. The Balaban J connectivity index is 2.53. The minimum Gasteiger partial charge on any atom is -0.309 e. The van der Waals surface area contributed by atoms with Crippen molar-refractivity contribution < 1.29 is 0 Å². The molecule has 0 saturated carbocycles. The zero-order valence-corrected chi connectivity index (χ0v) is 8.85. The van der Waals surface area contributed by atoms with Gasteiger partial charge < -0.3 is 5.32 Å². The first kappa shape index (κ1) is 10.0. The summed E-state index contributed by atoms with van der Waals surface area (Å²) in [6.45, 7) is 12.6. The highest BCUT2D eigenvalue weighted by Gasteiger charge is 2.30. The van der Waals surface area contributed by atoms with Crippen LogP contribution in [0.4, 0.5) is 0 Å². The molecule has 0 aliphatic carbocycles. The third kappa shape index (κ3) is 2.20. The van der Waals surface area contributed by atoms with Crippen molar-refractivity contribution in [2.24, 2.45) is 0 Å². The average molecular weight is 170 g/mol. The lowest BCUT2D eigenvalue weighted by Gasteiger charge is -2.44. The smallest absolute Gasteiger partial charge is 0.0252 e. The molecule has 1 atom stereocenters. The van der Waals surface area contributed by atoms with E-state index in [0.29, 0.717) is 5.54 Å². The minimum absolute atomic E-state index is 0.307. The van der Waals surface area contributed by atoms with Gasteiger partial charge >= 0.3 is 0 Å². The van der Waals surface area contributed by atoms with E-state index in [4.69, 9.17) is 0 Å². The molecule has 1 aliphatic heterocycles. The molecule has 12 heavy (non-hydrogen) atoms. The molecule has 1 heterocycles. The van der Waals surface area contributed by atoms with Crippen molar-refractivity contribution in [1.29, 1.82) is 0 Å². The fourth-order valence-corrected chi connectivity index (χ4v) is 1.99. The molecule has 1 rings (SSSR count). The van der Waals surface area contributed by atoms with Crippen LogP contribution in [0.15, 0.2) is 0 Å². The molecule has 0 aromatic heterocycles. The zero-order valence-electron chi connectivity index (χ0n) is 8.85. The predicted molar refractivity (Wildman–Crippen MR) is 53.4 cm³/mol. The molecular formula is C10H22N2. The van der Waals surface area contributed by atoms with Crippen LogP contribution in [0.5, 0.6) is 0 Å². The summed E-state index contributed by atoms with van der Waals surface area (Å²) in [4.78, 5) is 2.58. The molecule has 0 amide bonds. The van der Waals surface area contributed by atoms with Crippen LogP contribution in [0, 0.1) is 0 Å². The maximum atomic E-state index is 3.58. The van der Waals surface area contributed by atoms with E-state index in [1.807, 2.05) is 0 Å². The molecule has 1 unspecified atom stereocenters. The first-order valence-corrected chi connectivity index (χ1v) is 5.08. The van der Waals surface area contributed by atoms with Crippen LogP contribution in [0.2, 0.25) is 0 Å². The van der Waals surface area contributed by atoms with Gasteiger partial charge in [0.25, 0.3) is 0 Å². The van der Waals surface area contributed by atoms with Crippen LogP contribution in [0.3, 0.4) is 0 Å². The number of hydrogen-bond donors (Lipinski definition) is 1. The van der Waals surface area contributed by atoms with Crippen molar-refractivity contribution in [2.45, 2.75) is 45.7 Å². The first-order valence-electron chi connectivity index (χ1n) is 5.08.